The Morgan fingerprint density at radius 3 is 2.47 bits per heavy atom. The van der Waals surface area contributed by atoms with E-state index >= 15 is 0 Å². The molecule has 0 amide bonds. The van der Waals surface area contributed by atoms with E-state index in [4.69, 9.17) is 11.6 Å². The number of benzene rings is 1. The maximum atomic E-state index is 9.29. The van der Waals surface area contributed by atoms with Crippen LogP contribution in [0.4, 0.5) is 0 Å². The molecule has 0 atom stereocenters. The fraction of sp³-hybridized carbons (Fsp3) is 0.462. The molecule has 1 aliphatic rings. The van der Waals surface area contributed by atoms with Gasteiger partial charge in [-0.1, -0.05) is 37.1 Å². The molecule has 0 N–H and O–H groups in total. The van der Waals surface area contributed by atoms with Gasteiger partial charge >= 0.3 is 0 Å². The van der Waals surface area contributed by atoms with Crippen LogP contribution in [0.5, 0.6) is 0 Å². The minimum absolute atomic E-state index is 0.231. The van der Waals surface area contributed by atoms with E-state index in [-0.39, 0.29) is 5.41 Å². The molecule has 0 bridgehead atoms. The van der Waals surface area contributed by atoms with Crippen molar-refractivity contribution in [3.63, 3.8) is 0 Å². The first-order valence-corrected chi connectivity index (χ1v) is 5.75. The van der Waals surface area contributed by atoms with Crippen LogP contribution in [-0.2, 0) is 5.41 Å². The van der Waals surface area contributed by atoms with Crippen molar-refractivity contribution in [2.24, 2.45) is 5.92 Å². The lowest BCUT2D eigenvalue weighted by molar-refractivity contribution is 0.192. The van der Waals surface area contributed by atoms with Crippen LogP contribution in [0.3, 0.4) is 0 Å². The first kappa shape index (κ1) is 10.5. The van der Waals surface area contributed by atoms with Crippen molar-refractivity contribution >= 4 is 11.6 Å². The number of halogens is 1. The van der Waals surface area contributed by atoms with Gasteiger partial charge < -0.3 is 0 Å². The van der Waals surface area contributed by atoms with Gasteiger partial charge in [0, 0.05) is 5.02 Å². The summed E-state index contributed by atoms with van der Waals surface area (Å²) in [5.41, 5.74) is 0.893. The van der Waals surface area contributed by atoms with Crippen LogP contribution in [0, 0.1) is 17.2 Å². The molecule has 0 spiro atoms. The van der Waals surface area contributed by atoms with E-state index in [2.05, 4.69) is 13.0 Å². The van der Waals surface area contributed by atoms with Crippen molar-refractivity contribution in [2.75, 3.05) is 0 Å². The van der Waals surface area contributed by atoms with Gasteiger partial charge in [-0.05, 0) is 36.5 Å². The highest BCUT2D eigenvalue weighted by molar-refractivity contribution is 6.30. The van der Waals surface area contributed by atoms with Gasteiger partial charge in [-0.3, -0.25) is 0 Å². The van der Waals surface area contributed by atoms with Crippen LogP contribution in [0.2, 0.25) is 5.02 Å². The highest BCUT2D eigenvalue weighted by atomic mass is 35.5. The Kier molecular flexibility index (Phi) is 2.71. The Morgan fingerprint density at radius 1 is 1.40 bits per heavy atom. The monoisotopic (exact) mass is 219 g/mol. The SMILES string of the molecule is CCC1CC(C#N)(c2ccc(Cl)cc2)C1. The van der Waals surface area contributed by atoms with E-state index in [9.17, 15) is 5.26 Å². The van der Waals surface area contributed by atoms with E-state index in [0.29, 0.717) is 0 Å². The third-order valence-corrected chi connectivity index (χ3v) is 3.71. The Bertz CT molecular complexity index is 382. The lowest BCUT2D eigenvalue weighted by Gasteiger charge is -2.42. The Balaban J connectivity index is 2.23. The van der Waals surface area contributed by atoms with Crippen LogP contribution in [0.1, 0.15) is 31.7 Å². The highest BCUT2D eigenvalue weighted by Gasteiger charge is 2.44. The molecule has 1 aromatic rings. The van der Waals surface area contributed by atoms with Crippen LogP contribution in [0.25, 0.3) is 0 Å². The summed E-state index contributed by atoms with van der Waals surface area (Å²) in [6, 6.07) is 10.2. The molecule has 78 valence electrons. The molecular weight excluding hydrogens is 206 g/mol. The zero-order chi connectivity index (χ0) is 10.9. The third-order valence-electron chi connectivity index (χ3n) is 3.46. The van der Waals surface area contributed by atoms with Gasteiger partial charge in [0.25, 0.3) is 0 Å². The zero-order valence-corrected chi connectivity index (χ0v) is 9.59. The fourth-order valence-corrected chi connectivity index (χ4v) is 2.50. The summed E-state index contributed by atoms with van der Waals surface area (Å²) in [4.78, 5) is 0. The quantitative estimate of drug-likeness (QED) is 0.740. The Morgan fingerprint density at radius 2 is 2.00 bits per heavy atom. The summed E-state index contributed by atoms with van der Waals surface area (Å²) in [6.45, 7) is 2.19. The number of hydrogen-bond acceptors (Lipinski definition) is 1. The van der Waals surface area contributed by atoms with Crippen molar-refractivity contribution in [3.8, 4) is 6.07 Å². The number of hydrogen-bond donors (Lipinski definition) is 0. The van der Waals surface area contributed by atoms with Gasteiger partial charge in [-0.15, -0.1) is 0 Å². The molecule has 0 unspecified atom stereocenters. The smallest absolute Gasteiger partial charge is 0.0827 e. The molecule has 1 fully saturated rings. The van der Waals surface area contributed by atoms with Gasteiger partial charge in [-0.2, -0.15) is 5.26 Å². The van der Waals surface area contributed by atoms with Crippen LogP contribution >= 0.6 is 11.6 Å². The summed E-state index contributed by atoms with van der Waals surface area (Å²) in [5, 5.41) is 10.0. The largest absolute Gasteiger partial charge is 0.197 e. The van der Waals surface area contributed by atoms with E-state index in [1.165, 1.54) is 6.42 Å². The molecule has 2 rings (SSSR count). The maximum Gasteiger partial charge on any atom is 0.0827 e. The van der Waals surface area contributed by atoms with E-state index < -0.39 is 0 Å². The summed E-state index contributed by atoms with van der Waals surface area (Å²) >= 11 is 5.84. The molecule has 1 aromatic carbocycles. The molecule has 1 saturated carbocycles. The summed E-state index contributed by atoms with van der Waals surface area (Å²) < 4.78 is 0. The molecule has 0 saturated heterocycles. The standard InChI is InChI=1S/C13H14ClN/c1-2-10-7-13(8-10,9-15)11-3-5-12(14)6-4-11/h3-6,10H,2,7-8H2,1H3. The Labute approximate surface area is 95.7 Å². The minimum atomic E-state index is -0.231. The van der Waals surface area contributed by atoms with Crippen molar-refractivity contribution in [1.82, 2.24) is 0 Å². The number of nitriles is 1. The van der Waals surface area contributed by atoms with Crippen LogP contribution < -0.4 is 0 Å². The second-order valence-corrected chi connectivity index (χ2v) is 4.82. The fourth-order valence-electron chi connectivity index (χ4n) is 2.37. The van der Waals surface area contributed by atoms with E-state index in [0.717, 1.165) is 29.3 Å². The molecule has 15 heavy (non-hydrogen) atoms. The second kappa shape index (κ2) is 3.87. The predicted molar refractivity (Wildman–Crippen MR) is 61.8 cm³/mol. The zero-order valence-electron chi connectivity index (χ0n) is 8.83. The topological polar surface area (TPSA) is 23.8 Å². The third kappa shape index (κ3) is 1.75. The average molecular weight is 220 g/mol. The molecule has 1 aliphatic carbocycles. The molecule has 0 aliphatic heterocycles. The summed E-state index contributed by atoms with van der Waals surface area (Å²) in [7, 11) is 0. The van der Waals surface area contributed by atoms with Crippen LogP contribution in [0.15, 0.2) is 24.3 Å². The lowest BCUT2D eigenvalue weighted by Crippen LogP contribution is -2.39. The van der Waals surface area contributed by atoms with Crippen molar-refractivity contribution in [3.05, 3.63) is 34.9 Å². The number of nitrogens with zero attached hydrogens (tertiary/aromatic N) is 1. The van der Waals surface area contributed by atoms with Gasteiger partial charge in [0.1, 0.15) is 0 Å². The van der Waals surface area contributed by atoms with Crippen molar-refractivity contribution < 1.29 is 0 Å². The predicted octanol–water partition coefficient (Wildman–Crippen LogP) is 3.92. The molecule has 0 radical (unpaired) electrons. The van der Waals surface area contributed by atoms with Gasteiger partial charge in [0.05, 0.1) is 11.5 Å². The average Bonchev–Trinajstić information content (AvgIpc) is 2.20. The first-order chi connectivity index (χ1) is 7.20. The first-order valence-electron chi connectivity index (χ1n) is 5.37. The highest BCUT2D eigenvalue weighted by Crippen LogP contribution is 2.48. The van der Waals surface area contributed by atoms with Gasteiger partial charge in [0.15, 0.2) is 0 Å². The van der Waals surface area contributed by atoms with E-state index in [1.54, 1.807) is 0 Å². The van der Waals surface area contributed by atoms with E-state index in [1.807, 2.05) is 24.3 Å². The lowest BCUT2D eigenvalue weighted by atomic mass is 9.59. The van der Waals surface area contributed by atoms with Gasteiger partial charge in [-0.25, -0.2) is 0 Å². The maximum absolute atomic E-state index is 9.29. The second-order valence-electron chi connectivity index (χ2n) is 4.38. The molecular formula is C13H14ClN. The molecule has 2 heteroatoms. The van der Waals surface area contributed by atoms with Gasteiger partial charge in [0.2, 0.25) is 0 Å². The molecule has 1 nitrogen and oxygen atoms in total. The normalized spacial score (nSPS) is 29.3. The number of rotatable bonds is 2. The van der Waals surface area contributed by atoms with Crippen molar-refractivity contribution in [1.29, 1.82) is 5.26 Å². The van der Waals surface area contributed by atoms with Crippen molar-refractivity contribution in [2.45, 2.75) is 31.6 Å². The molecule has 0 heterocycles. The minimum Gasteiger partial charge on any atom is -0.197 e. The summed E-state index contributed by atoms with van der Waals surface area (Å²) in [5.74, 6) is 0.723. The summed E-state index contributed by atoms with van der Waals surface area (Å²) in [6.07, 6.45) is 3.18. The Hall–Kier alpha value is -1.00. The van der Waals surface area contributed by atoms with Crippen LogP contribution in [-0.4, -0.2) is 0 Å². The molecule has 0 aromatic heterocycles.